The first kappa shape index (κ1) is 11.1. The van der Waals surface area contributed by atoms with Crippen molar-refractivity contribution in [3.05, 3.63) is 35.4 Å². The van der Waals surface area contributed by atoms with Crippen molar-refractivity contribution in [2.24, 2.45) is 5.73 Å². The summed E-state index contributed by atoms with van der Waals surface area (Å²) in [7, 11) is 0. The first-order valence-electron chi connectivity index (χ1n) is 4.76. The highest BCUT2D eigenvalue weighted by molar-refractivity contribution is 5.31. The minimum atomic E-state index is -2.38. The van der Waals surface area contributed by atoms with Crippen LogP contribution in [0, 0.1) is 0 Å². The summed E-state index contributed by atoms with van der Waals surface area (Å²) < 4.78 is 25.2. The van der Waals surface area contributed by atoms with Gasteiger partial charge in [-0.3, -0.25) is 0 Å². The Morgan fingerprint density at radius 3 is 2.43 bits per heavy atom. The Hall–Kier alpha value is -0.960. The van der Waals surface area contributed by atoms with Crippen LogP contribution in [0.25, 0.3) is 0 Å². The van der Waals surface area contributed by atoms with Gasteiger partial charge in [-0.15, -0.1) is 0 Å². The van der Waals surface area contributed by atoms with Crippen molar-refractivity contribution in [1.82, 2.24) is 0 Å². The molecule has 0 amide bonds. The van der Waals surface area contributed by atoms with Gasteiger partial charge in [-0.2, -0.15) is 0 Å². The predicted octanol–water partition coefficient (Wildman–Crippen LogP) is 2.56. The third kappa shape index (κ3) is 2.29. The molecule has 1 unspecified atom stereocenters. The number of rotatable bonds is 4. The van der Waals surface area contributed by atoms with Gasteiger partial charge in [-0.1, -0.05) is 31.2 Å². The number of hydrogen-bond donors (Lipinski definition) is 1. The van der Waals surface area contributed by atoms with Crippen LogP contribution in [0.3, 0.4) is 0 Å². The quantitative estimate of drug-likeness (QED) is 0.792. The molecule has 0 aliphatic carbocycles. The van der Waals surface area contributed by atoms with Crippen LogP contribution in [0.4, 0.5) is 8.78 Å². The summed E-state index contributed by atoms with van der Waals surface area (Å²) in [6.07, 6.45) is -1.62. The fourth-order valence-electron chi connectivity index (χ4n) is 1.58. The van der Waals surface area contributed by atoms with Gasteiger partial charge in [0, 0.05) is 6.54 Å². The van der Waals surface area contributed by atoms with Crippen LogP contribution in [0.5, 0.6) is 0 Å². The lowest BCUT2D eigenvalue weighted by molar-refractivity contribution is 0.116. The molecule has 2 N–H and O–H groups in total. The summed E-state index contributed by atoms with van der Waals surface area (Å²) in [6, 6.07) is 7.25. The van der Waals surface area contributed by atoms with E-state index in [1.54, 1.807) is 12.1 Å². The van der Waals surface area contributed by atoms with Crippen molar-refractivity contribution in [1.29, 1.82) is 0 Å². The molecule has 1 rings (SSSR count). The number of aryl methyl sites for hydroxylation is 1. The van der Waals surface area contributed by atoms with E-state index in [1.807, 2.05) is 19.1 Å². The summed E-state index contributed by atoms with van der Waals surface area (Å²) >= 11 is 0. The Morgan fingerprint density at radius 2 is 1.93 bits per heavy atom. The molecule has 0 aromatic heterocycles. The van der Waals surface area contributed by atoms with Crippen molar-refractivity contribution in [3.63, 3.8) is 0 Å². The molecule has 1 aromatic carbocycles. The molecule has 3 heteroatoms. The number of alkyl halides is 2. The fraction of sp³-hybridized carbons (Fsp3) is 0.455. The summed E-state index contributed by atoms with van der Waals surface area (Å²) in [5, 5.41) is 0. The van der Waals surface area contributed by atoms with E-state index in [0.717, 1.165) is 12.0 Å². The molecule has 0 bridgehead atoms. The van der Waals surface area contributed by atoms with Crippen molar-refractivity contribution in [2.45, 2.75) is 25.7 Å². The Labute approximate surface area is 82.9 Å². The second kappa shape index (κ2) is 5.05. The molecule has 1 aromatic rings. The summed E-state index contributed by atoms with van der Waals surface area (Å²) in [4.78, 5) is 0. The molecule has 0 saturated heterocycles. The SMILES string of the molecule is CCc1ccccc1C(CN)C(F)F. The van der Waals surface area contributed by atoms with Gasteiger partial charge in [-0.05, 0) is 17.5 Å². The smallest absolute Gasteiger partial charge is 0.246 e. The molecule has 1 atom stereocenters. The molecule has 0 fully saturated rings. The maximum Gasteiger partial charge on any atom is 0.246 e. The minimum Gasteiger partial charge on any atom is -0.330 e. The van der Waals surface area contributed by atoms with Gasteiger partial charge in [0.15, 0.2) is 0 Å². The molecule has 1 nitrogen and oxygen atoms in total. The van der Waals surface area contributed by atoms with Crippen LogP contribution in [0.2, 0.25) is 0 Å². The maximum absolute atomic E-state index is 12.6. The molecule has 0 radical (unpaired) electrons. The highest BCUT2D eigenvalue weighted by Gasteiger charge is 2.22. The summed E-state index contributed by atoms with van der Waals surface area (Å²) in [5.74, 6) is -0.828. The van der Waals surface area contributed by atoms with Crippen molar-refractivity contribution in [2.75, 3.05) is 6.54 Å². The van der Waals surface area contributed by atoms with Gasteiger partial charge in [0.05, 0.1) is 5.92 Å². The molecule has 0 saturated carbocycles. The lowest BCUT2D eigenvalue weighted by atomic mass is 9.93. The van der Waals surface area contributed by atoms with Crippen LogP contribution >= 0.6 is 0 Å². The molecule has 0 heterocycles. The van der Waals surface area contributed by atoms with Crippen LogP contribution in [0.15, 0.2) is 24.3 Å². The molecule has 78 valence electrons. The average molecular weight is 199 g/mol. The van der Waals surface area contributed by atoms with Gasteiger partial charge in [0.1, 0.15) is 0 Å². The van der Waals surface area contributed by atoms with Gasteiger partial charge >= 0.3 is 0 Å². The third-order valence-corrected chi connectivity index (χ3v) is 2.39. The highest BCUT2D eigenvalue weighted by atomic mass is 19.3. The molecule has 0 spiro atoms. The zero-order valence-corrected chi connectivity index (χ0v) is 8.21. The second-order valence-electron chi connectivity index (χ2n) is 3.23. The van der Waals surface area contributed by atoms with Gasteiger partial charge in [-0.25, -0.2) is 8.78 Å². The third-order valence-electron chi connectivity index (χ3n) is 2.39. The lowest BCUT2D eigenvalue weighted by Gasteiger charge is -2.17. The molecular weight excluding hydrogens is 184 g/mol. The fourth-order valence-corrected chi connectivity index (χ4v) is 1.58. The van der Waals surface area contributed by atoms with E-state index >= 15 is 0 Å². The van der Waals surface area contributed by atoms with Crippen LogP contribution in [-0.4, -0.2) is 13.0 Å². The topological polar surface area (TPSA) is 26.0 Å². The van der Waals surface area contributed by atoms with Gasteiger partial charge in [0.25, 0.3) is 0 Å². The van der Waals surface area contributed by atoms with E-state index in [-0.39, 0.29) is 6.54 Å². The van der Waals surface area contributed by atoms with E-state index in [4.69, 9.17) is 5.73 Å². The van der Waals surface area contributed by atoms with E-state index in [9.17, 15) is 8.78 Å². The molecule has 0 aliphatic rings. The van der Waals surface area contributed by atoms with Crippen LogP contribution in [0.1, 0.15) is 24.0 Å². The Kier molecular flexibility index (Phi) is 4.01. The van der Waals surface area contributed by atoms with E-state index in [1.165, 1.54) is 0 Å². The van der Waals surface area contributed by atoms with E-state index in [0.29, 0.717) is 5.56 Å². The second-order valence-corrected chi connectivity index (χ2v) is 3.23. The monoisotopic (exact) mass is 199 g/mol. The molecule has 14 heavy (non-hydrogen) atoms. The highest BCUT2D eigenvalue weighted by Crippen LogP contribution is 2.25. The van der Waals surface area contributed by atoms with Crippen LogP contribution in [-0.2, 0) is 6.42 Å². The Morgan fingerprint density at radius 1 is 1.29 bits per heavy atom. The Bertz CT molecular complexity index is 286. The minimum absolute atomic E-state index is 0.00528. The standard InChI is InChI=1S/C11H15F2N/c1-2-8-5-3-4-6-9(8)10(7-14)11(12)13/h3-6,10-11H,2,7,14H2,1H3. The average Bonchev–Trinajstić information content (AvgIpc) is 2.19. The van der Waals surface area contributed by atoms with Crippen molar-refractivity contribution in [3.8, 4) is 0 Å². The number of nitrogens with two attached hydrogens (primary N) is 1. The lowest BCUT2D eigenvalue weighted by Crippen LogP contribution is -2.20. The van der Waals surface area contributed by atoms with Crippen molar-refractivity contribution < 1.29 is 8.78 Å². The Balaban J connectivity index is 3.02. The van der Waals surface area contributed by atoms with Gasteiger partial charge < -0.3 is 5.73 Å². The molecular formula is C11H15F2N. The molecule has 0 aliphatic heterocycles. The normalized spacial score (nSPS) is 13.2. The number of hydrogen-bond acceptors (Lipinski definition) is 1. The predicted molar refractivity (Wildman–Crippen MR) is 53.6 cm³/mol. The maximum atomic E-state index is 12.6. The number of benzene rings is 1. The van der Waals surface area contributed by atoms with E-state index in [2.05, 4.69) is 0 Å². The van der Waals surface area contributed by atoms with E-state index < -0.39 is 12.3 Å². The zero-order valence-electron chi connectivity index (χ0n) is 8.21. The zero-order chi connectivity index (χ0) is 10.6. The van der Waals surface area contributed by atoms with Crippen molar-refractivity contribution >= 4 is 0 Å². The van der Waals surface area contributed by atoms with Crippen LogP contribution < -0.4 is 5.73 Å². The summed E-state index contributed by atoms with van der Waals surface area (Å²) in [5.41, 5.74) is 7.00. The largest absolute Gasteiger partial charge is 0.330 e. The number of halogens is 2. The van der Waals surface area contributed by atoms with Gasteiger partial charge in [0.2, 0.25) is 6.43 Å². The first-order chi connectivity index (χ1) is 6.70. The first-order valence-corrected chi connectivity index (χ1v) is 4.76. The summed E-state index contributed by atoms with van der Waals surface area (Å²) in [6.45, 7) is 1.95.